The van der Waals surface area contributed by atoms with Gasteiger partial charge in [0, 0.05) is 24.8 Å². The molecule has 4 heterocycles. The van der Waals surface area contributed by atoms with Gasteiger partial charge in [-0.1, -0.05) is 36.6 Å². The van der Waals surface area contributed by atoms with Crippen LogP contribution in [-0.2, 0) is 19.5 Å². The molecule has 0 atom stereocenters. The van der Waals surface area contributed by atoms with E-state index in [9.17, 15) is 0 Å². The molecule has 6 nitrogen and oxygen atoms in total. The third kappa shape index (κ3) is 8.23. The van der Waals surface area contributed by atoms with Gasteiger partial charge in [-0.3, -0.25) is 15.0 Å². The smallest absolute Gasteiger partial charge is 0.753 e. The van der Waals surface area contributed by atoms with E-state index in [1.807, 2.05) is 60.7 Å². The van der Waals surface area contributed by atoms with Crippen molar-refractivity contribution in [2.24, 2.45) is 0 Å². The second-order valence-corrected chi connectivity index (χ2v) is 5.84. The van der Waals surface area contributed by atoms with E-state index in [-0.39, 0.29) is 19.5 Å². The maximum atomic E-state index is 7.13. The van der Waals surface area contributed by atoms with Crippen LogP contribution in [0.5, 0.6) is 0 Å². The molecule has 0 unspecified atom stereocenters. The van der Waals surface area contributed by atoms with Crippen LogP contribution in [0.15, 0.2) is 85.5 Å². The van der Waals surface area contributed by atoms with Crippen LogP contribution in [0.25, 0.3) is 44.7 Å². The van der Waals surface area contributed by atoms with Crippen LogP contribution in [0, 0.1) is 0 Å². The molecule has 0 amide bonds. The summed E-state index contributed by atoms with van der Waals surface area (Å²) >= 11 is 7.40. The number of hydrogen-bond acceptors (Lipinski definition) is 6. The summed E-state index contributed by atoms with van der Waals surface area (Å²) in [6.45, 7) is 0. The Labute approximate surface area is 203 Å². The van der Waals surface area contributed by atoms with E-state index in [0.29, 0.717) is 0 Å². The van der Waals surface area contributed by atoms with Crippen LogP contribution < -0.4 is 0 Å². The van der Waals surface area contributed by atoms with Gasteiger partial charge < -0.3 is 10.8 Å². The summed E-state index contributed by atoms with van der Waals surface area (Å²) in [6.07, 6.45) is 7.13. The average molecular weight is 492 g/mol. The number of aromatic nitrogens is 4. The summed E-state index contributed by atoms with van der Waals surface area (Å²) in [5.74, 6) is 0. The van der Waals surface area contributed by atoms with E-state index in [1.54, 1.807) is 24.8 Å². The van der Waals surface area contributed by atoms with Gasteiger partial charge in [0.15, 0.2) is 0 Å². The zero-order valence-corrected chi connectivity index (χ0v) is 20.9. The minimum Gasteiger partial charge on any atom is -0.753 e. The standard InChI is InChI=1S/C20H14N4.2CNS.Zn/c1-3-9-22-17(5-1)19-13-16(15-7-11-21-12-8-15)14-20(24-19)18-6-2-4-10-23-18;2*2-1-3;/h1-14H;;;/q;2*-1;+2. The SMILES string of the molecule is [N-]=C=S.[N-]=C=S.[Zn+2].c1ccc(-c2cc(-c3ccncc3)cc(-c3ccccn3)n2)nc1. The topological polar surface area (TPSA) is 96.2 Å². The molecule has 4 rings (SSSR count). The number of isothiocyanates is 2. The molecule has 0 saturated carbocycles. The third-order valence-electron chi connectivity index (χ3n) is 3.69. The van der Waals surface area contributed by atoms with Crippen LogP contribution in [0.4, 0.5) is 0 Å². The molecule has 31 heavy (non-hydrogen) atoms. The third-order valence-corrected chi connectivity index (χ3v) is 3.69. The molecular formula is C22H14N6S2Zn. The molecule has 0 aliphatic carbocycles. The minimum atomic E-state index is 0. The van der Waals surface area contributed by atoms with Gasteiger partial charge in [-0.15, -0.1) is 0 Å². The monoisotopic (exact) mass is 490 g/mol. The predicted octanol–water partition coefficient (Wildman–Crippen LogP) is 5.58. The Morgan fingerprint density at radius 3 is 1.45 bits per heavy atom. The molecule has 0 fully saturated rings. The van der Waals surface area contributed by atoms with Crippen LogP contribution in [-0.4, -0.2) is 30.3 Å². The molecule has 4 aromatic heterocycles. The number of thiocarbonyl (C=S) groups is 2. The first-order valence-corrected chi connectivity index (χ1v) is 9.33. The molecule has 0 spiro atoms. The summed E-state index contributed by atoms with van der Waals surface area (Å²) in [7, 11) is 0. The Balaban J connectivity index is 0.000000620. The summed E-state index contributed by atoms with van der Waals surface area (Å²) in [5.41, 5.74) is 5.47. The molecule has 9 heteroatoms. The van der Waals surface area contributed by atoms with Crippen molar-refractivity contribution in [3.8, 4) is 33.9 Å². The van der Waals surface area contributed by atoms with Crippen molar-refractivity contribution in [3.05, 3.63) is 96.3 Å². The quantitative estimate of drug-likeness (QED) is 0.211. The van der Waals surface area contributed by atoms with Gasteiger partial charge in [-0.05, 0) is 59.7 Å². The second kappa shape index (κ2) is 14.8. The van der Waals surface area contributed by atoms with E-state index < -0.39 is 0 Å². The molecule has 0 aromatic carbocycles. The maximum absolute atomic E-state index is 7.13. The molecule has 0 N–H and O–H groups in total. The first kappa shape index (κ1) is 25.9. The predicted molar refractivity (Wildman–Crippen MR) is 126 cm³/mol. The summed E-state index contributed by atoms with van der Waals surface area (Å²) < 4.78 is 0. The Morgan fingerprint density at radius 2 is 1.06 bits per heavy atom. The molecule has 0 radical (unpaired) electrons. The fraction of sp³-hybridized carbons (Fsp3) is 0. The van der Waals surface area contributed by atoms with Gasteiger partial charge >= 0.3 is 19.5 Å². The van der Waals surface area contributed by atoms with E-state index in [1.165, 1.54) is 10.3 Å². The van der Waals surface area contributed by atoms with Crippen molar-refractivity contribution in [3.63, 3.8) is 0 Å². The largest absolute Gasteiger partial charge is 2.00 e. The van der Waals surface area contributed by atoms with Crippen molar-refractivity contribution in [1.82, 2.24) is 19.9 Å². The molecule has 0 saturated heterocycles. The molecule has 4 aromatic rings. The summed E-state index contributed by atoms with van der Waals surface area (Å²) in [5, 5.41) is 16.9. The minimum absolute atomic E-state index is 0. The van der Waals surface area contributed by atoms with Gasteiger partial charge in [0.25, 0.3) is 0 Å². The fourth-order valence-electron chi connectivity index (χ4n) is 2.53. The number of pyridine rings is 4. The maximum Gasteiger partial charge on any atom is 2.00 e. The van der Waals surface area contributed by atoms with Crippen molar-refractivity contribution in [2.75, 3.05) is 0 Å². The van der Waals surface area contributed by atoms with Crippen LogP contribution in [0.1, 0.15) is 0 Å². The van der Waals surface area contributed by atoms with Gasteiger partial charge in [-0.25, -0.2) is 4.98 Å². The first-order valence-electron chi connectivity index (χ1n) is 8.51. The van der Waals surface area contributed by atoms with Gasteiger partial charge in [0.1, 0.15) is 0 Å². The normalized spacial score (nSPS) is 8.65. The van der Waals surface area contributed by atoms with Gasteiger partial charge in [-0.2, -0.15) is 10.3 Å². The zero-order chi connectivity index (χ0) is 21.6. The van der Waals surface area contributed by atoms with E-state index in [2.05, 4.69) is 39.4 Å². The Morgan fingerprint density at radius 1 is 0.613 bits per heavy atom. The number of rotatable bonds is 3. The molecule has 0 aliphatic rings. The molecule has 0 aliphatic heterocycles. The van der Waals surface area contributed by atoms with Crippen molar-refractivity contribution in [1.29, 1.82) is 0 Å². The van der Waals surface area contributed by atoms with Crippen LogP contribution in [0.2, 0.25) is 0 Å². The summed E-state index contributed by atoms with van der Waals surface area (Å²) in [6, 6.07) is 19.7. The van der Waals surface area contributed by atoms with Crippen molar-refractivity contribution >= 4 is 34.8 Å². The van der Waals surface area contributed by atoms with Crippen LogP contribution >= 0.6 is 24.4 Å². The second-order valence-electron chi connectivity index (χ2n) is 5.47. The molecule has 146 valence electrons. The van der Waals surface area contributed by atoms with E-state index in [4.69, 9.17) is 15.8 Å². The number of hydrogen-bond donors (Lipinski definition) is 0. The van der Waals surface area contributed by atoms with E-state index >= 15 is 0 Å². The van der Waals surface area contributed by atoms with E-state index in [0.717, 1.165) is 33.9 Å². The average Bonchev–Trinajstić information content (AvgIpc) is 2.82. The zero-order valence-electron chi connectivity index (χ0n) is 16.3. The first-order chi connectivity index (χ1) is 14.7. The Bertz CT molecular complexity index is 979. The fourth-order valence-corrected chi connectivity index (χ4v) is 2.53. The molecule has 0 bridgehead atoms. The van der Waals surface area contributed by atoms with Gasteiger partial charge in [0.05, 0.1) is 22.8 Å². The van der Waals surface area contributed by atoms with Crippen LogP contribution in [0.3, 0.4) is 0 Å². The Kier molecular flexibility index (Phi) is 12.3. The molecular weight excluding hydrogens is 478 g/mol. The number of nitrogens with zero attached hydrogens (tertiary/aromatic N) is 6. The Hall–Kier alpha value is -3.18. The van der Waals surface area contributed by atoms with Gasteiger partial charge in [0.2, 0.25) is 0 Å². The van der Waals surface area contributed by atoms with Crippen molar-refractivity contribution < 1.29 is 19.5 Å². The van der Waals surface area contributed by atoms with Crippen molar-refractivity contribution in [2.45, 2.75) is 0 Å². The summed E-state index contributed by atoms with van der Waals surface area (Å²) in [4.78, 5) is 17.7.